The van der Waals surface area contributed by atoms with Crippen LogP contribution < -0.4 is 5.32 Å². The van der Waals surface area contributed by atoms with Gasteiger partial charge in [0.2, 0.25) is 5.24 Å². The fraction of sp³-hybridized carbons (Fsp3) is 0.417. The third kappa shape index (κ3) is 4.09. The number of rotatable bonds is 4. The predicted octanol–water partition coefficient (Wildman–Crippen LogP) is 4.05. The molecule has 0 saturated carbocycles. The van der Waals surface area contributed by atoms with Gasteiger partial charge in [-0.15, -0.1) is 0 Å². The normalized spacial score (nSPS) is 13.5. The lowest BCUT2D eigenvalue weighted by molar-refractivity contribution is -0.137. The average Bonchev–Trinajstić information content (AvgIpc) is 2.24. The molecule has 1 rings (SSSR count). The molecule has 7 heteroatoms. The van der Waals surface area contributed by atoms with Crippen LogP contribution in [0.15, 0.2) is 18.2 Å². The van der Waals surface area contributed by atoms with Crippen molar-refractivity contribution in [1.82, 2.24) is 0 Å². The number of halogens is 5. The van der Waals surface area contributed by atoms with Gasteiger partial charge >= 0.3 is 6.18 Å². The molecule has 2 nitrogen and oxygen atoms in total. The molecule has 0 heterocycles. The molecule has 0 saturated heterocycles. The van der Waals surface area contributed by atoms with Crippen molar-refractivity contribution in [1.29, 1.82) is 0 Å². The Kier molecular flexibility index (Phi) is 4.79. The van der Waals surface area contributed by atoms with Crippen molar-refractivity contribution in [2.24, 2.45) is 5.92 Å². The van der Waals surface area contributed by atoms with Crippen LogP contribution in [0.2, 0.25) is 0 Å². The highest BCUT2D eigenvalue weighted by molar-refractivity contribution is 6.65. The third-order valence-corrected chi connectivity index (χ3v) is 2.75. The third-order valence-electron chi connectivity index (χ3n) is 2.52. The largest absolute Gasteiger partial charge is 0.416 e. The summed E-state index contributed by atoms with van der Waals surface area (Å²) in [5.41, 5.74) is -1.28. The van der Waals surface area contributed by atoms with Crippen molar-refractivity contribution in [3.05, 3.63) is 29.6 Å². The number of benzene rings is 1. The van der Waals surface area contributed by atoms with Crippen LogP contribution in [0, 0.1) is 11.7 Å². The van der Waals surface area contributed by atoms with Crippen molar-refractivity contribution in [2.75, 3.05) is 5.32 Å². The molecule has 0 aromatic heterocycles. The van der Waals surface area contributed by atoms with E-state index in [0.29, 0.717) is 6.07 Å². The van der Waals surface area contributed by atoms with Crippen molar-refractivity contribution in [3.63, 3.8) is 0 Å². The van der Waals surface area contributed by atoms with Gasteiger partial charge in [0.05, 0.1) is 11.3 Å². The molecule has 0 fully saturated rings. The number of hydrogen-bond acceptors (Lipinski definition) is 2. The van der Waals surface area contributed by atoms with E-state index in [0.717, 1.165) is 12.1 Å². The summed E-state index contributed by atoms with van der Waals surface area (Å²) in [4.78, 5) is 11.1. The Bertz CT molecular complexity index is 473. The van der Waals surface area contributed by atoms with E-state index in [1.165, 1.54) is 0 Å². The van der Waals surface area contributed by atoms with E-state index in [1.54, 1.807) is 13.8 Å². The topological polar surface area (TPSA) is 29.1 Å². The van der Waals surface area contributed by atoms with Gasteiger partial charge in [0, 0.05) is 0 Å². The number of hydrogen-bond donors (Lipinski definition) is 1. The molecule has 0 aliphatic heterocycles. The smallest absolute Gasteiger partial charge is 0.372 e. The summed E-state index contributed by atoms with van der Waals surface area (Å²) in [5, 5.41) is 1.77. The first-order valence-electron chi connectivity index (χ1n) is 5.45. The summed E-state index contributed by atoms with van der Waals surface area (Å²) < 4.78 is 50.6. The molecular weight excluding hydrogens is 286 g/mol. The quantitative estimate of drug-likeness (QED) is 0.671. The van der Waals surface area contributed by atoms with Gasteiger partial charge in [-0.1, -0.05) is 13.8 Å². The van der Waals surface area contributed by atoms with Gasteiger partial charge in [0.15, 0.2) is 0 Å². The molecular formula is C12H12ClF4NO. The van der Waals surface area contributed by atoms with E-state index >= 15 is 0 Å². The average molecular weight is 298 g/mol. The van der Waals surface area contributed by atoms with Crippen molar-refractivity contribution in [3.8, 4) is 0 Å². The minimum absolute atomic E-state index is 0.194. The Labute approximate surface area is 112 Å². The zero-order valence-electron chi connectivity index (χ0n) is 10.2. The SMILES string of the molecule is CC(C)C(Nc1ccc(C(F)(F)F)cc1F)C(=O)Cl. The molecule has 0 spiro atoms. The minimum Gasteiger partial charge on any atom is -0.372 e. The molecule has 19 heavy (non-hydrogen) atoms. The highest BCUT2D eigenvalue weighted by Crippen LogP contribution is 2.31. The second kappa shape index (κ2) is 5.77. The minimum atomic E-state index is -4.61. The summed E-state index contributed by atoms with van der Waals surface area (Å²) in [6.45, 7) is 3.36. The number of nitrogens with one attached hydrogen (secondary N) is 1. The highest BCUT2D eigenvalue weighted by atomic mass is 35.5. The van der Waals surface area contributed by atoms with E-state index < -0.39 is 28.8 Å². The van der Waals surface area contributed by atoms with Crippen LogP contribution in [0.3, 0.4) is 0 Å². The first kappa shape index (κ1) is 15.8. The van der Waals surface area contributed by atoms with Gasteiger partial charge in [-0.25, -0.2) is 4.39 Å². The summed E-state index contributed by atoms with van der Waals surface area (Å²) >= 11 is 5.34. The molecule has 1 aromatic rings. The van der Waals surface area contributed by atoms with Gasteiger partial charge in [-0.05, 0) is 35.7 Å². The number of carbonyl (C=O) groups excluding carboxylic acids is 1. The Balaban J connectivity index is 3.00. The van der Waals surface area contributed by atoms with Gasteiger partial charge in [0.25, 0.3) is 0 Å². The number of alkyl halides is 3. The molecule has 1 aromatic carbocycles. The Hall–Kier alpha value is -1.30. The molecule has 1 atom stereocenters. The van der Waals surface area contributed by atoms with E-state index in [9.17, 15) is 22.4 Å². The maximum Gasteiger partial charge on any atom is 0.416 e. The zero-order chi connectivity index (χ0) is 14.8. The first-order valence-corrected chi connectivity index (χ1v) is 5.83. The summed E-state index contributed by atoms with van der Waals surface area (Å²) in [7, 11) is 0. The monoisotopic (exact) mass is 297 g/mol. The summed E-state index contributed by atoms with van der Waals surface area (Å²) in [5.74, 6) is -1.31. The van der Waals surface area contributed by atoms with Crippen LogP contribution in [0.25, 0.3) is 0 Å². The Morgan fingerprint density at radius 1 is 1.32 bits per heavy atom. The standard InChI is InChI=1S/C12H12ClF4NO/c1-6(2)10(11(13)19)18-9-4-3-7(5-8(9)14)12(15,16)17/h3-6,10,18H,1-2H3. The molecule has 106 valence electrons. The van der Waals surface area contributed by atoms with E-state index in [2.05, 4.69) is 5.32 Å². The van der Waals surface area contributed by atoms with Crippen molar-refractivity contribution >= 4 is 22.5 Å². The predicted molar refractivity (Wildman–Crippen MR) is 64.5 cm³/mol. The van der Waals surface area contributed by atoms with Crippen LogP contribution in [-0.4, -0.2) is 11.3 Å². The highest BCUT2D eigenvalue weighted by Gasteiger charge is 2.31. The second-order valence-corrected chi connectivity index (χ2v) is 4.74. The van der Waals surface area contributed by atoms with Crippen molar-refractivity contribution in [2.45, 2.75) is 26.1 Å². The maximum absolute atomic E-state index is 13.6. The van der Waals surface area contributed by atoms with E-state index in [1.807, 2.05) is 0 Å². The molecule has 0 aliphatic rings. The fourth-order valence-electron chi connectivity index (χ4n) is 1.46. The fourth-order valence-corrected chi connectivity index (χ4v) is 1.77. The van der Waals surface area contributed by atoms with Gasteiger partial charge < -0.3 is 5.32 Å². The van der Waals surface area contributed by atoms with Gasteiger partial charge in [0.1, 0.15) is 11.9 Å². The molecule has 0 aliphatic carbocycles. The van der Waals surface area contributed by atoms with E-state index in [-0.39, 0.29) is 11.6 Å². The Morgan fingerprint density at radius 2 is 1.89 bits per heavy atom. The van der Waals surface area contributed by atoms with Crippen LogP contribution in [0.1, 0.15) is 19.4 Å². The van der Waals surface area contributed by atoms with E-state index in [4.69, 9.17) is 11.6 Å². The number of carbonyl (C=O) groups is 1. The Morgan fingerprint density at radius 3 is 2.26 bits per heavy atom. The molecule has 1 N–H and O–H groups in total. The van der Waals surface area contributed by atoms with Crippen molar-refractivity contribution < 1.29 is 22.4 Å². The maximum atomic E-state index is 13.6. The summed E-state index contributed by atoms with van der Waals surface area (Å²) in [6, 6.07) is 1.18. The molecule has 0 bridgehead atoms. The second-order valence-electron chi connectivity index (χ2n) is 4.36. The lowest BCUT2D eigenvalue weighted by Crippen LogP contribution is -2.31. The van der Waals surface area contributed by atoms with Crippen LogP contribution in [-0.2, 0) is 11.0 Å². The van der Waals surface area contributed by atoms with Crippen LogP contribution in [0.5, 0.6) is 0 Å². The van der Waals surface area contributed by atoms with Crippen LogP contribution >= 0.6 is 11.6 Å². The molecule has 0 radical (unpaired) electrons. The lowest BCUT2D eigenvalue weighted by Gasteiger charge is -2.20. The van der Waals surface area contributed by atoms with Gasteiger partial charge in [-0.3, -0.25) is 4.79 Å². The number of anilines is 1. The van der Waals surface area contributed by atoms with Gasteiger partial charge in [-0.2, -0.15) is 13.2 Å². The van der Waals surface area contributed by atoms with Crippen LogP contribution in [0.4, 0.5) is 23.2 Å². The molecule has 0 amide bonds. The lowest BCUT2D eigenvalue weighted by atomic mass is 10.1. The zero-order valence-corrected chi connectivity index (χ0v) is 10.9. The molecule has 1 unspecified atom stereocenters. The first-order chi connectivity index (χ1) is 8.62. The summed E-state index contributed by atoms with van der Waals surface area (Å²) in [6.07, 6.45) is -4.61.